The number of anilines is 2. The van der Waals surface area contributed by atoms with E-state index in [1.807, 2.05) is 0 Å². The lowest BCUT2D eigenvalue weighted by Gasteiger charge is -2.11. The van der Waals surface area contributed by atoms with E-state index in [0.29, 0.717) is 11.3 Å². The van der Waals surface area contributed by atoms with Gasteiger partial charge < -0.3 is 9.47 Å². The van der Waals surface area contributed by atoms with Gasteiger partial charge in [0, 0.05) is 0 Å². The molecule has 14 heteroatoms. The van der Waals surface area contributed by atoms with E-state index in [2.05, 4.69) is 29.7 Å². The van der Waals surface area contributed by atoms with Gasteiger partial charge in [0.2, 0.25) is 5.13 Å². The number of halogens is 1. The van der Waals surface area contributed by atoms with Gasteiger partial charge in [-0.1, -0.05) is 35.1 Å². The third kappa shape index (κ3) is 5.45. The summed E-state index contributed by atoms with van der Waals surface area (Å²) < 4.78 is 36.6. The summed E-state index contributed by atoms with van der Waals surface area (Å²) in [7, 11) is -2.09. The molecule has 0 saturated heterocycles. The quantitative estimate of drug-likeness (QED) is 0.360. The van der Waals surface area contributed by atoms with Crippen LogP contribution >= 0.6 is 22.9 Å². The molecule has 0 unspecified atom stereocenters. The van der Waals surface area contributed by atoms with E-state index in [1.54, 1.807) is 12.1 Å². The molecule has 0 bridgehead atoms. The number of carbonyl (C=O) groups is 3. The van der Waals surface area contributed by atoms with Crippen LogP contribution in [0.2, 0.25) is 5.02 Å². The average Bonchev–Trinajstić information content (AvgIpc) is 3.27. The van der Waals surface area contributed by atoms with E-state index in [0.717, 1.165) is 20.3 Å². The Morgan fingerprint density at radius 1 is 0.970 bits per heavy atom. The highest BCUT2D eigenvalue weighted by Gasteiger charge is 2.25. The van der Waals surface area contributed by atoms with E-state index in [-0.39, 0.29) is 32.5 Å². The fraction of sp³-hybridized carbons (Fsp3) is 0.105. The minimum Gasteiger partial charge on any atom is -0.465 e. The van der Waals surface area contributed by atoms with Crippen molar-refractivity contribution in [3.05, 3.63) is 64.2 Å². The minimum atomic E-state index is -4.36. The third-order valence-electron chi connectivity index (χ3n) is 4.07. The second-order valence-corrected chi connectivity index (χ2v) is 9.40. The Balaban J connectivity index is 1.88. The van der Waals surface area contributed by atoms with Crippen LogP contribution in [0.4, 0.5) is 10.8 Å². The van der Waals surface area contributed by atoms with Gasteiger partial charge in [-0.2, -0.15) is 8.42 Å². The predicted molar refractivity (Wildman–Crippen MR) is 119 cm³/mol. The largest absolute Gasteiger partial charge is 0.465 e. The molecule has 1 amide bonds. The Morgan fingerprint density at radius 3 is 2.33 bits per heavy atom. The standard InChI is InChI=1S/C19H15ClN4O7S2/c1-30-16(26)10-7-8-12(17(27)31-2)14(9-10)24-33(28,29)19-23-22-18(32-19)21-15(25)11-5-3-4-6-13(11)20/h3-9,24H,1-2H3,(H,21,22,25). The Bertz CT molecular complexity index is 1340. The zero-order chi connectivity index (χ0) is 24.2. The first-order valence-electron chi connectivity index (χ1n) is 8.89. The normalized spacial score (nSPS) is 10.9. The van der Waals surface area contributed by atoms with Crippen molar-refractivity contribution in [2.24, 2.45) is 0 Å². The minimum absolute atomic E-state index is 0.00666. The van der Waals surface area contributed by atoms with Crippen molar-refractivity contribution in [3.63, 3.8) is 0 Å². The molecule has 33 heavy (non-hydrogen) atoms. The topological polar surface area (TPSA) is 154 Å². The second kappa shape index (κ2) is 9.94. The average molecular weight is 511 g/mol. The van der Waals surface area contributed by atoms with Gasteiger partial charge in [0.15, 0.2) is 0 Å². The maximum atomic E-state index is 12.8. The van der Waals surface area contributed by atoms with Gasteiger partial charge in [0.25, 0.3) is 20.3 Å². The van der Waals surface area contributed by atoms with Crippen molar-refractivity contribution in [2.75, 3.05) is 24.3 Å². The number of esters is 2. The van der Waals surface area contributed by atoms with Crippen molar-refractivity contribution in [2.45, 2.75) is 4.34 Å². The Hall–Kier alpha value is -3.55. The summed E-state index contributed by atoms with van der Waals surface area (Å²) in [5, 5.41) is 9.77. The molecule has 172 valence electrons. The highest BCUT2D eigenvalue weighted by atomic mass is 35.5. The number of amides is 1. The van der Waals surface area contributed by atoms with Crippen LogP contribution in [0, 0.1) is 0 Å². The first-order valence-corrected chi connectivity index (χ1v) is 11.6. The summed E-state index contributed by atoms with van der Waals surface area (Å²) in [6.07, 6.45) is 0. The fourth-order valence-corrected chi connectivity index (χ4v) is 4.72. The number of aromatic nitrogens is 2. The summed E-state index contributed by atoms with van der Waals surface area (Å²) in [4.78, 5) is 36.2. The first-order chi connectivity index (χ1) is 15.7. The van der Waals surface area contributed by atoms with Gasteiger partial charge in [-0.3, -0.25) is 14.8 Å². The fourth-order valence-electron chi connectivity index (χ4n) is 2.53. The van der Waals surface area contributed by atoms with Crippen LogP contribution < -0.4 is 10.0 Å². The number of nitrogens with one attached hydrogen (secondary N) is 2. The number of hydrogen-bond acceptors (Lipinski definition) is 10. The lowest BCUT2D eigenvalue weighted by atomic mass is 10.1. The molecule has 0 saturated carbocycles. The van der Waals surface area contributed by atoms with Gasteiger partial charge in [-0.25, -0.2) is 9.59 Å². The van der Waals surface area contributed by atoms with Crippen LogP contribution in [0.15, 0.2) is 46.8 Å². The molecule has 3 rings (SSSR count). The summed E-state index contributed by atoms with van der Waals surface area (Å²) in [5.41, 5.74) is -0.223. The van der Waals surface area contributed by atoms with E-state index in [1.165, 1.54) is 24.3 Å². The van der Waals surface area contributed by atoms with Crippen LogP contribution in [0.25, 0.3) is 0 Å². The molecule has 0 atom stereocenters. The van der Waals surface area contributed by atoms with Crippen molar-refractivity contribution in [3.8, 4) is 0 Å². The number of nitrogens with zero attached hydrogens (tertiary/aromatic N) is 2. The van der Waals surface area contributed by atoms with Crippen LogP contribution in [-0.2, 0) is 19.5 Å². The number of methoxy groups -OCH3 is 2. The molecule has 1 heterocycles. The van der Waals surface area contributed by atoms with Crippen molar-refractivity contribution in [1.29, 1.82) is 0 Å². The Labute approximate surface area is 196 Å². The molecule has 0 aliphatic carbocycles. The molecule has 0 fully saturated rings. The molecule has 11 nitrogen and oxygen atoms in total. The molecule has 2 N–H and O–H groups in total. The lowest BCUT2D eigenvalue weighted by Crippen LogP contribution is -2.17. The zero-order valence-electron chi connectivity index (χ0n) is 17.0. The van der Waals surface area contributed by atoms with E-state index in [4.69, 9.17) is 11.6 Å². The number of benzene rings is 2. The maximum absolute atomic E-state index is 12.8. The lowest BCUT2D eigenvalue weighted by molar-refractivity contribution is 0.0587. The highest BCUT2D eigenvalue weighted by molar-refractivity contribution is 7.94. The summed E-state index contributed by atoms with van der Waals surface area (Å²) in [6, 6.07) is 9.89. The van der Waals surface area contributed by atoms with Gasteiger partial charge in [-0.05, 0) is 30.3 Å². The van der Waals surface area contributed by atoms with Crippen molar-refractivity contribution < 1.29 is 32.3 Å². The van der Waals surface area contributed by atoms with E-state index >= 15 is 0 Å². The summed E-state index contributed by atoms with van der Waals surface area (Å²) >= 11 is 6.55. The zero-order valence-corrected chi connectivity index (χ0v) is 19.4. The molecule has 0 aliphatic rings. The molecular formula is C19H15ClN4O7S2. The smallest absolute Gasteiger partial charge is 0.339 e. The Morgan fingerprint density at radius 2 is 1.67 bits per heavy atom. The summed E-state index contributed by atoms with van der Waals surface area (Å²) in [5.74, 6) is -2.19. The molecule has 3 aromatic rings. The molecular weight excluding hydrogens is 496 g/mol. The second-order valence-electron chi connectivity index (χ2n) is 6.16. The molecule has 2 aromatic carbocycles. The third-order valence-corrected chi connectivity index (χ3v) is 6.97. The Kier molecular flexibility index (Phi) is 7.26. The van der Waals surface area contributed by atoms with Crippen LogP contribution in [0.5, 0.6) is 0 Å². The van der Waals surface area contributed by atoms with Crippen molar-refractivity contribution >= 4 is 61.6 Å². The molecule has 0 spiro atoms. The van der Waals surface area contributed by atoms with E-state index < -0.39 is 32.2 Å². The van der Waals surface area contributed by atoms with Gasteiger partial charge in [-0.15, -0.1) is 10.2 Å². The van der Waals surface area contributed by atoms with Gasteiger partial charge in [0.1, 0.15) is 0 Å². The number of rotatable bonds is 7. The van der Waals surface area contributed by atoms with E-state index in [9.17, 15) is 22.8 Å². The molecule has 0 aliphatic heterocycles. The SMILES string of the molecule is COC(=O)c1ccc(C(=O)OC)c(NS(=O)(=O)c2nnc(NC(=O)c3ccccc3Cl)s2)c1. The van der Waals surface area contributed by atoms with Crippen LogP contribution in [0.3, 0.4) is 0 Å². The maximum Gasteiger partial charge on any atom is 0.339 e. The monoisotopic (exact) mass is 510 g/mol. The number of hydrogen-bond donors (Lipinski definition) is 2. The van der Waals surface area contributed by atoms with Crippen LogP contribution in [0.1, 0.15) is 31.1 Å². The first kappa shape index (κ1) is 24.1. The highest BCUT2D eigenvalue weighted by Crippen LogP contribution is 2.27. The van der Waals surface area contributed by atoms with Gasteiger partial charge >= 0.3 is 11.9 Å². The molecule has 0 radical (unpaired) electrons. The van der Waals surface area contributed by atoms with Crippen LogP contribution in [-0.4, -0.2) is 50.7 Å². The number of carbonyl (C=O) groups excluding carboxylic acids is 3. The number of ether oxygens (including phenoxy) is 2. The van der Waals surface area contributed by atoms with Gasteiger partial charge in [0.05, 0.1) is 41.6 Å². The number of sulfonamides is 1. The van der Waals surface area contributed by atoms with Crippen molar-refractivity contribution in [1.82, 2.24) is 10.2 Å². The molecule has 1 aromatic heterocycles. The predicted octanol–water partition coefficient (Wildman–Crippen LogP) is 2.82. The summed E-state index contributed by atoms with van der Waals surface area (Å²) in [6.45, 7) is 0.